The van der Waals surface area contributed by atoms with E-state index in [0.717, 1.165) is 53.8 Å². The molecule has 2 atom stereocenters. The third-order valence-electron chi connectivity index (χ3n) is 7.90. The highest BCUT2D eigenvalue weighted by Crippen LogP contribution is 2.32. The van der Waals surface area contributed by atoms with Gasteiger partial charge < -0.3 is 9.88 Å². The molecular formula is C28H28F2N8. The molecule has 5 heterocycles. The van der Waals surface area contributed by atoms with E-state index >= 15 is 0 Å². The number of benzene rings is 1. The summed E-state index contributed by atoms with van der Waals surface area (Å²) in [5.41, 5.74) is 2.45. The Morgan fingerprint density at radius 1 is 1.08 bits per heavy atom. The number of amidine groups is 1. The van der Waals surface area contributed by atoms with Gasteiger partial charge in [0.1, 0.15) is 17.3 Å². The molecule has 2 aliphatic rings. The van der Waals surface area contributed by atoms with Gasteiger partial charge >= 0.3 is 0 Å². The Balaban J connectivity index is 1.28. The van der Waals surface area contributed by atoms with Crippen molar-refractivity contribution in [3.63, 3.8) is 0 Å². The molecule has 10 heteroatoms. The van der Waals surface area contributed by atoms with E-state index in [1.54, 1.807) is 12.4 Å². The number of aromatic amines is 1. The molecule has 38 heavy (non-hydrogen) atoms. The maximum absolute atomic E-state index is 14.4. The van der Waals surface area contributed by atoms with Crippen LogP contribution in [-0.2, 0) is 0 Å². The van der Waals surface area contributed by atoms with Gasteiger partial charge in [-0.05, 0) is 56.6 Å². The number of H-pyrrole nitrogens is 1. The van der Waals surface area contributed by atoms with Crippen molar-refractivity contribution in [3.8, 4) is 11.1 Å². The molecule has 2 unspecified atom stereocenters. The van der Waals surface area contributed by atoms with E-state index in [2.05, 4.69) is 26.8 Å². The molecule has 0 saturated carbocycles. The van der Waals surface area contributed by atoms with Gasteiger partial charge in [0.2, 0.25) is 0 Å². The second-order valence-electron chi connectivity index (χ2n) is 9.93. The summed E-state index contributed by atoms with van der Waals surface area (Å²) in [5.74, 6) is -1.37. The molecule has 3 N–H and O–H groups in total. The molecule has 3 aromatic heterocycles. The number of nitrogens with one attached hydrogen (secondary N) is 3. The monoisotopic (exact) mass is 514 g/mol. The number of hydrogen-bond donors (Lipinski definition) is 3. The molecule has 194 valence electrons. The summed E-state index contributed by atoms with van der Waals surface area (Å²) in [5, 5.41) is 17.1. The minimum Gasteiger partial charge on any atom is -0.355 e. The van der Waals surface area contributed by atoms with Crippen LogP contribution in [0.25, 0.3) is 22.2 Å². The van der Waals surface area contributed by atoms with Crippen LogP contribution in [0.2, 0.25) is 0 Å². The highest BCUT2D eigenvalue weighted by atomic mass is 19.2. The zero-order valence-corrected chi connectivity index (χ0v) is 21.0. The lowest BCUT2D eigenvalue weighted by molar-refractivity contribution is 0.254. The number of fused-ring (bicyclic) bond motifs is 3. The average molecular weight is 515 g/mol. The first-order valence-electron chi connectivity index (χ1n) is 12.7. The van der Waals surface area contributed by atoms with E-state index in [4.69, 9.17) is 15.8 Å². The number of aromatic nitrogens is 3. The van der Waals surface area contributed by atoms with E-state index in [9.17, 15) is 8.78 Å². The molecule has 0 aliphatic carbocycles. The number of anilines is 2. The molecule has 1 aromatic carbocycles. The number of nitrogens with zero attached hydrogens (tertiary/aromatic N) is 5. The molecule has 0 radical (unpaired) electrons. The average Bonchev–Trinajstić information content (AvgIpc) is 3.46. The zero-order chi connectivity index (χ0) is 26.4. The predicted molar refractivity (Wildman–Crippen MR) is 145 cm³/mol. The molecule has 4 aromatic rings. The molecule has 8 nitrogen and oxygen atoms in total. The highest BCUT2D eigenvalue weighted by molar-refractivity contribution is 6.22. The van der Waals surface area contributed by atoms with E-state index < -0.39 is 11.6 Å². The van der Waals surface area contributed by atoms with Crippen molar-refractivity contribution >= 4 is 34.7 Å². The summed E-state index contributed by atoms with van der Waals surface area (Å²) in [6.07, 6.45) is 9.62. The number of pyridine rings is 2. The smallest absolute Gasteiger partial charge is 0.182 e. The lowest BCUT2D eigenvalue weighted by Crippen LogP contribution is -2.36. The second-order valence-corrected chi connectivity index (χ2v) is 9.93. The summed E-state index contributed by atoms with van der Waals surface area (Å²) in [4.78, 5) is 18.2. The van der Waals surface area contributed by atoms with E-state index in [1.165, 1.54) is 25.0 Å². The van der Waals surface area contributed by atoms with Crippen molar-refractivity contribution in [1.29, 1.82) is 10.8 Å². The fourth-order valence-corrected chi connectivity index (χ4v) is 5.68. The van der Waals surface area contributed by atoms with Crippen molar-refractivity contribution in [1.82, 2.24) is 19.9 Å². The summed E-state index contributed by atoms with van der Waals surface area (Å²) >= 11 is 0. The van der Waals surface area contributed by atoms with Crippen LogP contribution in [-0.4, -0.2) is 64.2 Å². The molecule has 6 rings (SSSR count). The zero-order valence-electron chi connectivity index (χ0n) is 21.0. The van der Waals surface area contributed by atoms with Crippen molar-refractivity contribution in [3.05, 3.63) is 72.2 Å². The van der Waals surface area contributed by atoms with Crippen molar-refractivity contribution in [2.45, 2.75) is 31.3 Å². The Morgan fingerprint density at radius 2 is 1.89 bits per heavy atom. The normalized spacial score (nSPS) is 19.5. The first kappa shape index (κ1) is 24.2. The van der Waals surface area contributed by atoms with Crippen LogP contribution in [0.15, 0.2) is 55.0 Å². The van der Waals surface area contributed by atoms with Crippen LogP contribution in [0.5, 0.6) is 0 Å². The van der Waals surface area contributed by atoms with Gasteiger partial charge in [-0.15, -0.1) is 0 Å². The van der Waals surface area contributed by atoms with Crippen molar-refractivity contribution < 1.29 is 8.78 Å². The van der Waals surface area contributed by atoms with Gasteiger partial charge in [0, 0.05) is 65.8 Å². The Bertz CT molecular complexity index is 1520. The maximum Gasteiger partial charge on any atom is 0.182 e. The molecular weight excluding hydrogens is 486 g/mol. The molecule has 2 saturated heterocycles. The fourth-order valence-electron chi connectivity index (χ4n) is 5.68. The molecule has 2 fully saturated rings. The minimum atomic E-state index is -1.12. The van der Waals surface area contributed by atoms with Crippen molar-refractivity contribution in [2.75, 3.05) is 29.9 Å². The highest BCUT2D eigenvalue weighted by Gasteiger charge is 2.35. The summed E-state index contributed by atoms with van der Waals surface area (Å²) in [6.45, 7) is 1.98. The second kappa shape index (κ2) is 9.60. The van der Waals surface area contributed by atoms with Crippen LogP contribution in [0.4, 0.5) is 20.3 Å². The Hall–Kier alpha value is -4.18. The van der Waals surface area contributed by atoms with Gasteiger partial charge in [0.25, 0.3) is 0 Å². The number of hydrogen-bond acceptors (Lipinski definition) is 6. The third kappa shape index (κ3) is 4.10. The van der Waals surface area contributed by atoms with E-state index in [0.29, 0.717) is 28.7 Å². The predicted octanol–water partition coefficient (Wildman–Crippen LogP) is 5.02. The first-order chi connectivity index (χ1) is 18.4. The number of likely N-dealkylation sites (N-methyl/N-ethyl adjacent to an activating group) is 1. The quantitative estimate of drug-likeness (QED) is 0.257. The van der Waals surface area contributed by atoms with Gasteiger partial charge in [-0.2, -0.15) is 0 Å². The summed E-state index contributed by atoms with van der Waals surface area (Å²) < 4.78 is 28.3. The third-order valence-corrected chi connectivity index (χ3v) is 7.90. The van der Waals surface area contributed by atoms with E-state index in [-0.39, 0.29) is 11.5 Å². The minimum absolute atomic E-state index is 0.177. The van der Waals surface area contributed by atoms with E-state index in [1.807, 2.05) is 24.4 Å². The summed E-state index contributed by atoms with van der Waals surface area (Å²) in [6, 6.07) is 10.9. The Labute approximate surface area is 218 Å². The van der Waals surface area contributed by atoms with Crippen LogP contribution < -0.4 is 9.80 Å². The Kier molecular flexibility index (Phi) is 6.11. The largest absolute Gasteiger partial charge is 0.355 e. The number of halogens is 2. The molecule has 2 bridgehead atoms. The summed E-state index contributed by atoms with van der Waals surface area (Å²) in [7, 11) is 2.23. The van der Waals surface area contributed by atoms with Crippen LogP contribution in [0.3, 0.4) is 0 Å². The topological polar surface area (TPSA) is 99.0 Å². The lowest BCUT2D eigenvalue weighted by Gasteiger charge is -2.26. The van der Waals surface area contributed by atoms with Crippen LogP contribution >= 0.6 is 0 Å². The molecule has 0 amide bonds. The molecule has 0 spiro atoms. The van der Waals surface area contributed by atoms with Gasteiger partial charge in [-0.1, -0.05) is 6.07 Å². The Morgan fingerprint density at radius 3 is 2.68 bits per heavy atom. The van der Waals surface area contributed by atoms with Gasteiger partial charge in [0.05, 0.1) is 12.0 Å². The lowest BCUT2D eigenvalue weighted by atomic mass is 10.1. The maximum atomic E-state index is 14.4. The van der Waals surface area contributed by atoms with Crippen LogP contribution in [0.1, 0.15) is 24.8 Å². The van der Waals surface area contributed by atoms with Gasteiger partial charge in [0.15, 0.2) is 11.6 Å². The SMILES string of the molecule is CN1C2CCC1CN(c1ccc(-c3cnc4[nH]cc(C(=N)N(C=N)c5cccc(F)c5F)c4c3)cn1)CC2. The standard InChI is InChI=1S/C28H28F2N8/c1-36-19-6-7-20(36)15-37(10-9-19)25-8-5-17(12-33-25)18-11-21-22(14-35-28(21)34-13-18)27(32)38(16-31)24-4-2-3-23(29)26(24)30/h2-5,8,11-14,16,19-20,31-32H,6-7,9-10,15H2,1H3,(H,34,35). The van der Waals surface area contributed by atoms with Gasteiger partial charge in [-0.25, -0.2) is 18.7 Å². The first-order valence-corrected chi connectivity index (χ1v) is 12.7. The van der Waals surface area contributed by atoms with Crippen molar-refractivity contribution in [2.24, 2.45) is 0 Å². The molecule has 2 aliphatic heterocycles. The number of rotatable bonds is 5. The van der Waals surface area contributed by atoms with Crippen LogP contribution in [0, 0.1) is 22.5 Å². The fraction of sp³-hybridized carbons (Fsp3) is 0.286. The van der Waals surface area contributed by atoms with Gasteiger partial charge in [-0.3, -0.25) is 20.6 Å².